The maximum Gasteiger partial charge on any atom is 0.218 e. The highest BCUT2D eigenvalue weighted by atomic mass is 16.5. The zero-order chi connectivity index (χ0) is 13.7. The molecule has 2 rings (SSSR count). The van der Waals surface area contributed by atoms with E-state index in [0.717, 1.165) is 24.2 Å². The van der Waals surface area contributed by atoms with Crippen LogP contribution in [0.25, 0.3) is 0 Å². The fourth-order valence-electron chi connectivity index (χ4n) is 1.96. The number of pyridine rings is 1. The number of hydrogen-bond acceptors (Lipinski definition) is 4. The van der Waals surface area contributed by atoms with Gasteiger partial charge in [0.15, 0.2) is 0 Å². The predicted molar refractivity (Wildman–Crippen MR) is 74.1 cm³/mol. The number of rotatable bonds is 6. The van der Waals surface area contributed by atoms with Crippen molar-refractivity contribution in [1.82, 2.24) is 14.5 Å². The summed E-state index contributed by atoms with van der Waals surface area (Å²) >= 11 is 0. The van der Waals surface area contributed by atoms with E-state index >= 15 is 0 Å². The van der Waals surface area contributed by atoms with Gasteiger partial charge in [0.2, 0.25) is 5.88 Å². The van der Waals surface area contributed by atoms with E-state index in [4.69, 9.17) is 10.5 Å². The topological polar surface area (TPSA) is 66.0 Å². The maximum absolute atomic E-state index is 5.99. The molecular formula is C14H20N4O. The van der Waals surface area contributed by atoms with Crippen LogP contribution in [0.1, 0.15) is 24.7 Å². The minimum Gasteiger partial charge on any atom is -0.481 e. The van der Waals surface area contributed by atoms with E-state index in [-0.39, 0.29) is 6.04 Å². The molecule has 19 heavy (non-hydrogen) atoms. The zero-order valence-electron chi connectivity index (χ0n) is 11.4. The van der Waals surface area contributed by atoms with Crippen molar-refractivity contribution < 1.29 is 4.74 Å². The molecule has 2 N–H and O–H groups in total. The molecule has 0 spiro atoms. The fraction of sp³-hybridized carbons (Fsp3) is 0.429. The van der Waals surface area contributed by atoms with Gasteiger partial charge in [0.05, 0.1) is 13.7 Å². The Bertz CT molecular complexity index is 524. The van der Waals surface area contributed by atoms with Crippen molar-refractivity contribution in [2.75, 3.05) is 7.11 Å². The molecule has 0 saturated heterocycles. The number of methoxy groups -OCH3 is 1. The molecule has 0 amide bonds. The first-order valence-electron chi connectivity index (χ1n) is 6.48. The summed E-state index contributed by atoms with van der Waals surface area (Å²) in [7, 11) is 1.63. The lowest BCUT2D eigenvalue weighted by atomic mass is 10.1. The van der Waals surface area contributed by atoms with Crippen LogP contribution in [0.3, 0.4) is 0 Å². The van der Waals surface area contributed by atoms with Crippen LogP contribution < -0.4 is 10.5 Å². The Morgan fingerprint density at radius 1 is 1.37 bits per heavy atom. The van der Waals surface area contributed by atoms with Crippen LogP contribution in [0.2, 0.25) is 0 Å². The molecular weight excluding hydrogens is 240 g/mol. The first-order chi connectivity index (χ1) is 9.24. The Morgan fingerprint density at radius 3 is 2.95 bits per heavy atom. The first-order valence-corrected chi connectivity index (χ1v) is 6.48. The molecule has 1 atom stereocenters. The molecule has 0 aliphatic rings. The number of nitrogens with two attached hydrogens (primary N) is 1. The van der Waals surface area contributed by atoms with Crippen LogP contribution in [0, 0.1) is 0 Å². The quantitative estimate of drug-likeness (QED) is 0.857. The second kappa shape index (κ2) is 6.33. The smallest absolute Gasteiger partial charge is 0.218 e. The van der Waals surface area contributed by atoms with E-state index in [2.05, 4.69) is 21.5 Å². The highest BCUT2D eigenvalue weighted by molar-refractivity contribution is 5.26. The van der Waals surface area contributed by atoms with Gasteiger partial charge in [0.1, 0.15) is 5.82 Å². The zero-order valence-corrected chi connectivity index (χ0v) is 11.4. The van der Waals surface area contributed by atoms with Crippen LogP contribution in [0.5, 0.6) is 5.88 Å². The van der Waals surface area contributed by atoms with E-state index in [0.29, 0.717) is 12.4 Å². The molecule has 0 fully saturated rings. The summed E-state index contributed by atoms with van der Waals surface area (Å²) in [5.41, 5.74) is 7.03. The average Bonchev–Trinajstić information content (AvgIpc) is 2.86. The van der Waals surface area contributed by atoms with E-state index in [1.807, 2.05) is 18.3 Å². The van der Waals surface area contributed by atoms with E-state index in [1.54, 1.807) is 19.5 Å². The number of ether oxygens (including phenoxy) is 1. The third-order valence-corrected chi connectivity index (χ3v) is 3.15. The normalized spacial score (nSPS) is 12.4. The van der Waals surface area contributed by atoms with Gasteiger partial charge in [-0.1, -0.05) is 13.0 Å². The van der Waals surface area contributed by atoms with Gasteiger partial charge in [0, 0.05) is 36.6 Å². The van der Waals surface area contributed by atoms with Crippen molar-refractivity contribution in [2.45, 2.75) is 32.4 Å². The van der Waals surface area contributed by atoms with Crippen LogP contribution >= 0.6 is 0 Å². The Labute approximate surface area is 113 Å². The summed E-state index contributed by atoms with van der Waals surface area (Å²) < 4.78 is 7.36. The summed E-state index contributed by atoms with van der Waals surface area (Å²) in [6.07, 6.45) is 7.23. The first kappa shape index (κ1) is 13.5. The molecule has 0 bridgehead atoms. The molecule has 2 heterocycles. The lowest BCUT2D eigenvalue weighted by Gasteiger charge is -2.12. The van der Waals surface area contributed by atoms with Crippen LogP contribution in [-0.2, 0) is 13.0 Å². The monoisotopic (exact) mass is 260 g/mol. The summed E-state index contributed by atoms with van der Waals surface area (Å²) in [6, 6.07) is 4.07. The number of imidazole rings is 1. The third kappa shape index (κ3) is 3.32. The summed E-state index contributed by atoms with van der Waals surface area (Å²) in [5, 5.41) is 0. The molecule has 0 radical (unpaired) electrons. The van der Waals surface area contributed by atoms with Gasteiger partial charge in [-0.3, -0.25) is 0 Å². The third-order valence-electron chi connectivity index (χ3n) is 3.15. The molecule has 0 aromatic carbocycles. The average molecular weight is 260 g/mol. The summed E-state index contributed by atoms with van der Waals surface area (Å²) in [6.45, 7) is 2.78. The van der Waals surface area contributed by atoms with Gasteiger partial charge in [-0.25, -0.2) is 9.97 Å². The molecule has 5 nitrogen and oxygen atoms in total. The Kier molecular flexibility index (Phi) is 4.52. The summed E-state index contributed by atoms with van der Waals surface area (Å²) in [4.78, 5) is 8.58. The molecule has 0 aliphatic heterocycles. The molecule has 2 aromatic rings. The maximum atomic E-state index is 5.99. The molecule has 0 saturated carbocycles. The van der Waals surface area contributed by atoms with Crippen LogP contribution in [0.4, 0.5) is 0 Å². The Morgan fingerprint density at radius 2 is 2.21 bits per heavy atom. The second-order valence-corrected chi connectivity index (χ2v) is 4.52. The molecule has 5 heteroatoms. The molecule has 2 aromatic heterocycles. The Hall–Kier alpha value is -1.88. The lowest BCUT2D eigenvalue weighted by molar-refractivity contribution is 0.391. The van der Waals surface area contributed by atoms with Crippen molar-refractivity contribution in [3.63, 3.8) is 0 Å². The molecule has 0 aliphatic carbocycles. The second-order valence-electron chi connectivity index (χ2n) is 4.52. The fourth-order valence-corrected chi connectivity index (χ4v) is 1.96. The number of nitrogens with zero attached hydrogens (tertiary/aromatic N) is 3. The minimum atomic E-state index is 0.150. The van der Waals surface area contributed by atoms with E-state index in [1.165, 1.54) is 0 Å². The van der Waals surface area contributed by atoms with Gasteiger partial charge in [-0.15, -0.1) is 0 Å². The molecule has 102 valence electrons. The van der Waals surface area contributed by atoms with Crippen LogP contribution in [0.15, 0.2) is 30.7 Å². The van der Waals surface area contributed by atoms with Gasteiger partial charge in [-0.2, -0.15) is 0 Å². The lowest BCUT2D eigenvalue weighted by Crippen LogP contribution is -2.23. The van der Waals surface area contributed by atoms with Gasteiger partial charge >= 0.3 is 0 Å². The Balaban J connectivity index is 2.17. The largest absolute Gasteiger partial charge is 0.481 e. The van der Waals surface area contributed by atoms with Gasteiger partial charge in [0.25, 0.3) is 0 Å². The number of hydrogen-bond donors (Lipinski definition) is 1. The van der Waals surface area contributed by atoms with Crippen molar-refractivity contribution in [3.8, 4) is 5.88 Å². The van der Waals surface area contributed by atoms with Crippen molar-refractivity contribution in [1.29, 1.82) is 0 Å². The van der Waals surface area contributed by atoms with Crippen molar-refractivity contribution >= 4 is 0 Å². The van der Waals surface area contributed by atoms with E-state index < -0.39 is 0 Å². The molecule has 1 unspecified atom stereocenters. The van der Waals surface area contributed by atoms with E-state index in [9.17, 15) is 0 Å². The van der Waals surface area contributed by atoms with Gasteiger partial charge in [-0.05, 0) is 12.5 Å². The van der Waals surface area contributed by atoms with Crippen LogP contribution in [-0.4, -0.2) is 27.7 Å². The SMILES string of the molecule is CCC(N)Cc1nccn1Cc1cccnc1OC. The highest BCUT2D eigenvalue weighted by Crippen LogP contribution is 2.16. The predicted octanol–water partition coefficient (Wildman–Crippen LogP) is 1.61. The highest BCUT2D eigenvalue weighted by Gasteiger charge is 2.10. The van der Waals surface area contributed by atoms with Crippen molar-refractivity contribution in [3.05, 3.63) is 42.1 Å². The summed E-state index contributed by atoms with van der Waals surface area (Å²) in [5.74, 6) is 1.65. The van der Waals surface area contributed by atoms with Gasteiger partial charge < -0.3 is 15.0 Å². The standard InChI is InChI=1S/C14H20N4O/c1-3-12(15)9-13-16-7-8-18(13)10-11-5-4-6-17-14(11)19-2/h4-8,12H,3,9-10,15H2,1-2H3. The van der Waals surface area contributed by atoms with Crippen molar-refractivity contribution in [2.24, 2.45) is 5.73 Å². The number of aromatic nitrogens is 3. The minimum absolute atomic E-state index is 0.150.